The van der Waals surface area contributed by atoms with Crippen LogP contribution in [0.15, 0.2) is 48.5 Å². The molecule has 4 rings (SSSR count). The van der Waals surface area contributed by atoms with E-state index >= 15 is 0 Å². The average Bonchev–Trinajstić information content (AvgIpc) is 3.00. The molecule has 130 valence electrons. The largest absolute Gasteiger partial charge is 0.312 e. The third-order valence-corrected chi connectivity index (χ3v) is 7.42. The Balaban J connectivity index is 1.82. The fraction of sp³-hybridized carbons (Fsp3) is 0.235. The Labute approximate surface area is 161 Å². The third-order valence-electron chi connectivity index (χ3n) is 4.58. The highest BCUT2D eigenvalue weighted by Gasteiger charge is 2.52. The van der Waals surface area contributed by atoms with Crippen molar-refractivity contribution >= 4 is 61.7 Å². The fourth-order valence-corrected chi connectivity index (χ4v) is 6.22. The van der Waals surface area contributed by atoms with Gasteiger partial charge in [-0.1, -0.05) is 41.4 Å². The molecule has 4 nitrogen and oxygen atoms in total. The summed E-state index contributed by atoms with van der Waals surface area (Å²) in [4.78, 5) is 3.83. The Morgan fingerprint density at radius 2 is 1.48 bits per heavy atom. The molecule has 0 bridgehead atoms. The van der Waals surface area contributed by atoms with Crippen LogP contribution in [-0.4, -0.2) is 37.1 Å². The van der Waals surface area contributed by atoms with Crippen molar-refractivity contribution in [1.82, 2.24) is 0 Å². The lowest BCUT2D eigenvalue weighted by Gasteiger charge is -2.26. The van der Waals surface area contributed by atoms with Gasteiger partial charge in [-0.05, 0) is 42.5 Å². The topological polar surface area (TPSA) is 40.6 Å². The molecule has 0 saturated carbocycles. The second-order valence-corrected chi connectivity index (χ2v) is 9.50. The van der Waals surface area contributed by atoms with Crippen LogP contribution in [0, 0.1) is 0 Å². The molecule has 0 amide bonds. The molecule has 2 heterocycles. The second-order valence-electron chi connectivity index (χ2n) is 6.17. The minimum Gasteiger partial charge on any atom is -0.312 e. The third kappa shape index (κ3) is 2.91. The van der Waals surface area contributed by atoms with E-state index in [1.165, 1.54) is 0 Å². The van der Waals surface area contributed by atoms with Gasteiger partial charge in [-0.15, -0.1) is 0 Å². The van der Waals surface area contributed by atoms with Crippen molar-refractivity contribution in [2.75, 3.05) is 21.3 Å². The molecule has 2 atom stereocenters. The van der Waals surface area contributed by atoms with Gasteiger partial charge < -0.3 is 9.80 Å². The van der Waals surface area contributed by atoms with Gasteiger partial charge in [0.05, 0.1) is 33.6 Å². The van der Waals surface area contributed by atoms with Crippen molar-refractivity contribution in [3.05, 3.63) is 58.6 Å². The van der Waals surface area contributed by atoms with Crippen molar-refractivity contribution in [1.29, 1.82) is 0 Å². The highest BCUT2D eigenvalue weighted by molar-refractivity contribution is 7.91. The molecule has 0 spiro atoms. The molecule has 25 heavy (non-hydrogen) atoms. The fourth-order valence-electron chi connectivity index (χ4n) is 3.53. The maximum atomic E-state index is 12.3. The van der Waals surface area contributed by atoms with Crippen molar-refractivity contribution in [3.8, 4) is 0 Å². The van der Waals surface area contributed by atoms with Crippen LogP contribution in [0.3, 0.4) is 0 Å². The first kappa shape index (κ1) is 17.1. The van der Waals surface area contributed by atoms with Gasteiger partial charge in [0.1, 0.15) is 0 Å². The predicted molar refractivity (Wildman–Crippen MR) is 107 cm³/mol. The first-order valence-electron chi connectivity index (χ1n) is 7.70. The predicted octanol–water partition coefficient (Wildman–Crippen LogP) is 3.77. The number of para-hydroxylation sites is 1. The molecule has 2 fully saturated rings. The summed E-state index contributed by atoms with van der Waals surface area (Å²) in [6.45, 7) is 0. The Morgan fingerprint density at radius 3 is 2.08 bits per heavy atom. The number of nitrogens with zero attached hydrogens (tertiary/aromatic N) is 2. The number of thiocarbonyl (C=S) groups is 1. The Bertz CT molecular complexity index is 950. The zero-order valence-electron chi connectivity index (χ0n) is 13.0. The van der Waals surface area contributed by atoms with E-state index in [9.17, 15) is 8.42 Å². The van der Waals surface area contributed by atoms with Crippen LogP contribution in [0.4, 0.5) is 11.4 Å². The summed E-state index contributed by atoms with van der Waals surface area (Å²) in [6.07, 6.45) is 0. The molecule has 2 unspecified atom stereocenters. The van der Waals surface area contributed by atoms with Gasteiger partial charge in [0.2, 0.25) is 0 Å². The molecule has 2 aliphatic rings. The molecular formula is C17H14Cl2N2O2S2. The average molecular weight is 413 g/mol. The van der Waals surface area contributed by atoms with Gasteiger partial charge in [-0.25, -0.2) is 8.42 Å². The Morgan fingerprint density at radius 1 is 0.880 bits per heavy atom. The Hall–Kier alpha value is -1.34. The smallest absolute Gasteiger partial charge is 0.181 e. The van der Waals surface area contributed by atoms with Gasteiger partial charge in [0.25, 0.3) is 0 Å². The van der Waals surface area contributed by atoms with Gasteiger partial charge in [0, 0.05) is 11.4 Å². The molecule has 0 aromatic heterocycles. The zero-order valence-corrected chi connectivity index (χ0v) is 16.1. The monoisotopic (exact) mass is 412 g/mol. The highest BCUT2D eigenvalue weighted by atomic mass is 35.5. The lowest BCUT2D eigenvalue weighted by molar-refractivity contribution is 0.601. The van der Waals surface area contributed by atoms with E-state index in [1.807, 2.05) is 46.2 Å². The van der Waals surface area contributed by atoms with Gasteiger partial charge in [-0.3, -0.25) is 0 Å². The maximum absolute atomic E-state index is 12.3. The van der Waals surface area contributed by atoms with E-state index in [2.05, 4.69) is 0 Å². The summed E-state index contributed by atoms with van der Waals surface area (Å²) in [5.41, 5.74) is 1.65. The summed E-state index contributed by atoms with van der Waals surface area (Å²) in [6, 6.07) is 14.4. The van der Waals surface area contributed by atoms with Gasteiger partial charge >= 0.3 is 0 Å². The van der Waals surface area contributed by atoms with E-state index in [0.717, 1.165) is 11.4 Å². The number of anilines is 2. The molecule has 2 aromatic carbocycles. The molecule has 0 radical (unpaired) electrons. The number of hydrogen-bond acceptors (Lipinski definition) is 3. The number of rotatable bonds is 2. The lowest BCUT2D eigenvalue weighted by atomic mass is 10.1. The molecular weight excluding hydrogens is 399 g/mol. The Kier molecular flexibility index (Phi) is 4.19. The number of fused-ring (bicyclic) bond motifs is 1. The lowest BCUT2D eigenvalue weighted by Crippen LogP contribution is -2.37. The first-order chi connectivity index (χ1) is 11.9. The molecule has 0 aliphatic carbocycles. The second kappa shape index (κ2) is 6.13. The summed E-state index contributed by atoms with van der Waals surface area (Å²) < 4.78 is 24.6. The minimum atomic E-state index is -3.13. The van der Waals surface area contributed by atoms with E-state index in [1.54, 1.807) is 12.1 Å². The molecule has 8 heteroatoms. The van der Waals surface area contributed by atoms with Gasteiger partial charge in [-0.2, -0.15) is 0 Å². The van der Waals surface area contributed by atoms with Crippen LogP contribution in [0.25, 0.3) is 0 Å². The normalized spacial score (nSPS) is 24.6. The van der Waals surface area contributed by atoms with E-state index in [-0.39, 0.29) is 23.6 Å². The van der Waals surface area contributed by atoms with Crippen LogP contribution in [0.5, 0.6) is 0 Å². The standard InChI is InChI=1S/C17H14Cl2N2O2S2/c18-13-7-6-12(8-14(13)19)21-16-10-25(22,23)9-15(16)20(17(21)24)11-4-2-1-3-5-11/h1-8,15-16H,9-10H2. The molecule has 2 aromatic rings. The SMILES string of the molecule is O=S1(=O)CC2C(C1)N(c1ccc(Cl)c(Cl)c1)C(=S)N2c1ccccc1. The van der Waals surface area contributed by atoms with Crippen LogP contribution in [0.1, 0.15) is 0 Å². The van der Waals surface area contributed by atoms with Crippen LogP contribution in [0.2, 0.25) is 10.0 Å². The summed E-state index contributed by atoms with van der Waals surface area (Å²) in [5, 5.41) is 1.44. The maximum Gasteiger partial charge on any atom is 0.181 e. The van der Waals surface area contributed by atoms with Gasteiger partial charge in [0.15, 0.2) is 14.9 Å². The van der Waals surface area contributed by atoms with Crippen LogP contribution in [-0.2, 0) is 9.84 Å². The number of hydrogen-bond donors (Lipinski definition) is 0. The van der Waals surface area contributed by atoms with Crippen LogP contribution < -0.4 is 9.80 Å². The zero-order chi connectivity index (χ0) is 17.8. The van der Waals surface area contributed by atoms with E-state index < -0.39 is 9.84 Å². The summed E-state index contributed by atoms with van der Waals surface area (Å²) in [7, 11) is -3.13. The van der Waals surface area contributed by atoms with Crippen molar-refractivity contribution < 1.29 is 8.42 Å². The van der Waals surface area contributed by atoms with Crippen molar-refractivity contribution in [2.45, 2.75) is 12.1 Å². The molecule has 2 saturated heterocycles. The number of benzene rings is 2. The highest BCUT2D eigenvalue weighted by Crippen LogP contribution is 2.39. The quantitative estimate of drug-likeness (QED) is 0.702. The van der Waals surface area contributed by atoms with E-state index in [0.29, 0.717) is 15.2 Å². The van der Waals surface area contributed by atoms with E-state index in [4.69, 9.17) is 35.4 Å². The summed E-state index contributed by atoms with van der Waals surface area (Å²) in [5.74, 6) is 0.159. The molecule has 0 N–H and O–H groups in total. The van der Waals surface area contributed by atoms with Crippen molar-refractivity contribution in [3.63, 3.8) is 0 Å². The number of halogens is 2. The van der Waals surface area contributed by atoms with Crippen molar-refractivity contribution in [2.24, 2.45) is 0 Å². The summed E-state index contributed by atoms with van der Waals surface area (Å²) >= 11 is 17.9. The first-order valence-corrected chi connectivity index (χ1v) is 10.7. The molecule has 2 aliphatic heterocycles. The number of sulfone groups is 1. The van der Waals surface area contributed by atoms with Crippen LogP contribution >= 0.6 is 35.4 Å². The minimum absolute atomic E-state index is 0.0708.